The number of hydrogen-bond donors (Lipinski definition) is 4. The second-order valence-electron chi connectivity index (χ2n) is 12.7. The van der Waals surface area contributed by atoms with Gasteiger partial charge in [0.1, 0.15) is 48.8 Å². The molecule has 6 N–H and O–H groups in total. The van der Waals surface area contributed by atoms with Crippen LogP contribution >= 0.6 is 0 Å². The Hall–Kier alpha value is -3.56. The minimum Gasteiger partial charge on any atom is -0.388 e. The maximum Gasteiger partial charge on any atom is 0.190 e. The average Bonchev–Trinajstić information content (AvgIpc) is 3.18. The quantitative estimate of drug-likeness (QED) is 0.136. The number of benzene rings is 4. The van der Waals surface area contributed by atoms with E-state index in [-0.39, 0.29) is 39.5 Å². The van der Waals surface area contributed by atoms with Crippen LogP contribution in [-0.4, -0.2) is 84.7 Å². The highest BCUT2D eigenvalue weighted by molar-refractivity contribution is 5.16. The zero-order chi connectivity index (χ0) is 35.4. The summed E-state index contributed by atoms with van der Waals surface area (Å²) in [5.41, 5.74) is 15.9. The lowest BCUT2D eigenvalue weighted by atomic mass is 9.96. The molecule has 2 heterocycles. The summed E-state index contributed by atoms with van der Waals surface area (Å²) < 4.78 is 45.1. The molecule has 272 valence electrons. The molecule has 0 unspecified atom stereocenters. The van der Waals surface area contributed by atoms with Crippen LogP contribution in [0.4, 0.5) is 0 Å². The molecule has 0 spiro atoms. The normalized spacial score (nSPS) is 29.5. The maximum atomic E-state index is 11.5. The van der Waals surface area contributed by atoms with Crippen molar-refractivity contribution in [3.63, 3.8) is 0 Å². The molecule has 11 heteroatoms. The van der Waals surface area contributed by atoms with Crippen molar-refractivity contribution in [1.82, 2.24) is 0 Å². The molecule has 6 rings (SSSR count). The Bertz CT molecular complexity index is 1440. The van der Waals surface area contributed by atoms with Gasteiger partial charge in [0.2, 0.25) is 0 Å². The van der Waals surface area contributed by atoms with Gasteiger partial charge in [-0.3, -0.25) is 0 Å². The third-order valence-electron chi connectivity index (χ3n) is 9.11. The highest BCUT2D eigenvalue weighted by Crippen LogP contribution is 2.34. The minimum absolute atomic E-state index is 0.00988. The SMILES string of the molecule is NC[C@H]1O[C@H](O[C@H]2O[C@H](CN)[C@@H](O)[C@H](OCc3ccccc3)[C@H]2OCc2ccccc2)[C@H](OCc2ccccc2)[C@@H](OCc2ccccc2)[C@@H]1O. The van der Waals surface area contributed by atoms with Gasteiger partial charge in [0, 0.05) is 13.1 Å². The van der Waals surface area contributed by atoms with Gasteiger partial charge in [-0.2, -0.15) is 0 Å². The summed E-state index contributed by atoms with van der Waals surface area (Å²) in [6, 6.07) is 38.6. The van der Waals surface area contributed by atoms with E-state index < -0.39 is 61.4 Å². The molecule has 2 fully saturated rings. The first-order chi connectivity index (χ1) is 25.0. The first-order valence-electron chi connectivity index (χ1n) is 17.4. The summed E-state index contributed by atoms with van der Waals surface area (Å²) in [5.74, 6) is 0. The molecule has 0 aliphatic carbocycles. The van der Waals surface area contributed by atoms with Crippen LogP contribution in [0, 0.1) is 0 Å². The Kier molecular flexibility index (Phi) is 13.7. The largest absolute Gasteiger partial charge is 0.388 e. The Morgan fingerprint density at radius 3 is 0.980 bits per heavy atom. The maximum absolute atomic E-state index is 11.5. The Morgan fingerprint density at radius 1 is 0.431 bits per heavy atom. The zero-order valence-electron chi connectivity index (χ0n) is 28.5. The van der Waals surface area contributed by atoms with E-state index in [1.165, 1.54) is 0 Å². The van der Waals surface area contributed by atoms with E-state index in [2.05, 4.69) is 0 Å². The van der Waals surface area contributed by atoms with Gasteiger partial charge in [-0.1, -0.05) is 121 Å². The van der Waals surface area contributed by atoms with Crippen LogP contribution in [0.25, 0.3) is 0 Å². The fraction of sp³-hybridized carbons (Fsp3) is 0.400. The van der Waals surface area contributed by atoms with Crippen molar-refractivity contribution in [2.75, 3.05) is 13.1 Å². The fourth-order valence-electron chi connectivity index (χ4n) is 6.32. The Morgan fingerprint density at radius 2 is 0.706 bits per heavy atom. The number of ether oxygens (including phenoxy) is 7. The van der Waals surface area contributed by atoms with Gasteiger partial charge in [-0.15, -0.1) is 0 Å². The molecule has 4 aromatic rings. The van der Waals surface area contributed by atoms with Crippen molar-refractivity contribution < 1.29 is 43.4 Å². The number of rotatable bonds is 16. The molecule has 10 atom stereocenters. The molecule has 0 bridgehead atoms. The monoisotopic (exact) mass is 700 g/mol. The van der Waals surface area contributed by atoms with Crippen LogP contribution in [0.3, 0.4) is 0 Å². The first kappa shape index (κ1) is 37.2. The van der Waals surface area contributed by atoms with Crippen molar-refractivity contribution >= 4 is 0 Å². The first-order valence-corrected chi connectivity index (χ1v) is 17.4. The van der Waals surface area contributed by atoms with E-state index in [1.54, 1.807) is 0 Å². The summed E-state index contributed by atoms with van der Waals surface area (Å²) in [6.45, 7) is 0.765. The third kappa shape index (κ3) is 9.86. The smallest absolute Gasteiger partial charge is 0.190 e. The topological polar surface area (TPSA) is 157 Å². The number of aliphatic hydroxyl groups is 2. The predicted octanol–water partition coefficient (Wildman–Crippen LogP) is 3.43. The molecule has 2 aliphatic heterocycles. The lowest BCUT2D eigenvalue weighted by Crippen LogP contribution is -2.65. The molecule has 0 radical (unpaired) electrons. The van der Waals surface area contributed by atoms with Crippen LogP contribution in [0.15, 0.2) is 121 Å². The van der Waals surface area contributed by atoms with Crippen molar-refractivity contribution in [2.45, 2.75) is 87.8 Å². The number of nitrogens with two attached hydrogens (primary N) is 2. The van der Waals surface area contributed by atoms with Crippen molar-refractivity contribution in [1.29, 1.82) is 0 Å². The van der Waals surface area contributed by atoms with Gasteiger partial charge in [0.05, 0.1) is 26.4 Å². The minimum atomic E-state index is -1.14. The standard InChI is InChI=1S/C40H48N2O9/c41-21-31-33(43)35(45-23-27-13-5-1-6-14-27)37(47-25-29-17-9-3-10-18-29)39(49-31)51-40-38(48-26-30-19-11-4-12-20-30)36(34(44)32(22-42)50-40)46-24-28-15-7-2-8-16-28/h1-20,31-40,43-44H,21-26,41-42H2/t31-,32-,33-,34-,35+,36+,37-,38-,39-,40-/m1/s1. The average molecular weight is 701 g/mol. The van der Waals surface area contributed by atoms with Crippen LogP contribution in [0.2, 0.25) is 0 Å². The highest BCUT2D eigenvalue weighted by atomic mass is 16.8. The molecule has 2 aliphatic rings. The van der Waals surface area contributed by atoms with E-state index in [0.717, 1.165) is 22.3 Å². The van der Waals surface area contributed by atoms with E-state index in [9.17, 15) is 10.2 Å². The molecule has 11 nitrogen and oxygen atoms in total. The van der Waals surface area contributed by atoms with Gasteiger partial charge in [0.15, 0.2) is 12.6 Å². The molecule has 0 amide bonds. The van der Waals surface area contributed by atoms with Gasteiger partial charge >= 0.3 is 0 Å². The van der Waals surface area contributed by atoms with E-state index in [4.69, 9.17) is 44.6 Å². The molecular formula is C40H48N2O9. The summed E-state index contributed by atoms with van der Waals surface area (Å²) >= 11 is 0. The van der Waals surface area contributed by atoms with Crippen LogP contribution < -0.4 is 11.5 Å². The number of aliphatic hydroxyl groups excluding tert-OH is 2. The lowest BCUT2D eigenvalue weighted by Gasteiger charge is -2.48. The Labute approximate surface area is 298 Å². The van der Waals surface area contributed by atoms with E-state index in [0.29, 0.717) is 0 Å². The summed E-state index contributed by atoms with van der Waals surface area (Å²) in [6.07, 6.45) is -9.88. The van der Waals surface area contributed by atoms with Crippen LogP contribution in [0.5, 0.6) is 0 Å². The molecule has 2 saturated heterocycles. The van der Waals surface area contributed by atoms with E-state index >= 15 is 0 Å². The molecule has 51 heavy (non-hydrogen) atoms. The number of hydrogen-bond acceptors (Lipinski definition) is 11. The fourth-order valence-corrected chi connectivity index (χ4v) is 6.32. The second-order valence-corrected chi connectivity index (χ2v) is 12.7. The summed E-state index contributed by atoms with van der Waals surface area (Å²) in [7, 11) is 0. The van der Waals surface area contributed by atoms with Crippen LogP contribution in [-0.2, 0) is 59.6 Å². The second kappa shape index (κ2) is 18.8. The molecular weight excluding hydrogens is 652 g/mol. The third-order valence-corrected chi connectivity index (χ3v) is 9.11. The zero-order valence-corrected chi connectivity index (χ0v) is 28.5. The van der Waals surface area contributed by atoms with Crippen LogP contribution in [0.1, 0.15) is 22.3 Å². The lowest BCUT2D eigenvalue weighted by molar-refractivity contribution is -0.385. The molecule has 0 saturated carbocycles. The van der Waals surface area contributed by atoms with E-state index in [1.807, 2.05) is 121 Å². The molecule has 4 aromatic carbocycles. The van der Waals surface area contributed by atoms with Crippen molar-refractivity contribution in [3.05, 3.63) is 144 Å². The molecule has 0 aromatic heterocycles. The van der Waals surface area contributed by atoms with Crippen molar-refractivity contribution in [3.8, 4) is 0 Å². The van der Waals surface area contributed by atoms with Gasteiger partial charge in [0.25, 0.3) is 0 Å². The van der Waals surface area contributed by atoms with Crippen molar-refractivity contribution in [2.24, 2.45) is 11.5 Å². The van der Waals surface area contributed by atoms with Gasteiger partial charge in [-0.05, 0) is 22.3 Å². The summed E-state index contributed by atoms with van der Waals surface area (Å²) in [4.78, 5) is 0. The van der Waals surface area contributed by atoms with Gasteiger partial charge in [-0.25, -0.2) is 0 Å². The summed E-state index contributed by atoms with van der Waals surface area (Å²) in [5, 5.41) is 23.0. The van der Waals surface area contributed by atoms with Gasteiger partial charge < -0.3 is 54.8 Å². The predicted molar refractivity (Wildman–Crippen MR) is 189 cm³/mol. The Balaban J connectivity index is 1.30. The highest BCUT2D eigenvalue weighted by Gasteiger charge is 2.52.